The summed E-state index contributed by atoms with van der Waals surface area (Å²) in [5, 5.41) is 2.43. The van der Waals surface area contributed by atoms with Crippen molar-refractivity contribution in [1.29, 1.82) is 0 Å². The highest BCUT2D eigenvalue weighted by atomic mass is 16.2. The lowest BCUT2D eigenvalue weighted by Crippen LogP contribution is -2.29. The Kier molecular flexibility index (Phi) is 63.0. The van der Waals surface area contributed by atoms with Crippen LogP contribution in [0.3, 0.4) is 0 Å². The predicted octanol–water partition coefficient (Wildman–Crippen LogP) is 6.23. The van der Waals surface area contributed by atoms with E-state index in [0.717, 1.165) is 6.42 Å². The average Bonchev–Trinajstić information content (AvgIpc) is 2.56. The van der Waals surface area contributed by atoms with Crippen LogP contribution in [0.1, 0.15) is 75.2 Å². The predicted molar refractivity (Wildman–Crippen MR) is 105 cm³/mol. The van der Waals surface area contributed by atoms with Crippen molar-refractivity contribution >= 4 is 6.03 Å². The molecule has 0 fully saturated rings. The Hall–Kier alpha value is -1.51. The molecule has 0 atom stereocenters. The molecule has 3 nitrogen and oxygen atoms in total. The minimum absolute atomic E-state index is 0.476. The van der Waals surface area contributed by atoms with Gasteiger partial charge < -0.3 is 11.1 Å². The summed E-state index contributed by atoms with van der Waals surface area (Å²) in [4.78, 5) is 10.0. The summed E-state index contributed by atoms with van der Waals surface area (Å²) in [7, 11) is 0. The minimum Gasteiger partial charge on any atom is -0.352 e. The third-order valence-corrected chi connectivity index (χ3v) is 1.57. The maximum absolute atomic E-state index is 10.0. The van der Waals surface area contributed by atoms with E-state index in [1.165, 1.54) is 12.0 Å². The zero-order valence-electron chi connectivity index (χ0n) is 16.6. The molecule has 134 valence electrons. The Morgan fingerprint density at radius 1 is 1.09 bits per heavy atom. The summed E-state index contributed by atoms with van der Waals surface area (Å²) in [6, 6.07) is -0.476. The number of carbonyl (C=O) groups excluding carboxylic acids is 1. The van der Waals surface area contributed by atoms with Gasteiger partial charge in [0.15, 0.2) is 0 Å². The van der Waals surface area contributed by atoms with Crippen molar-refractivity contribution in [3.8, 4) is 0 Å². The highest BCUT2D eigenvalue weighted by Crippen LogP contribution is 1.88. The van der Waals surface area contributed by atoms with Gasteiger partial charge in [-0.05, 0) is 20.3 Å². The summed E-state index contributed by atoms with van der Waals surface area (Å²) in [5.41, 5.74) is 6.02. The molecule has 0 heterocycles. The van der Waals surface area contributed by atoms with Gasteiger partial charge >= 0.3 is 6.03 Å². The second kappa shape index (κ2) is 42.7. The number of amides is 2. The van der Waals surface area contributed by atoms with Gasteiger partial charge in [0.1, 0.15) is 0 Å². The van der Waals surface area contributed by atoms with Crippen molar-refractivity contribution in [2.24, 2.45) is 5.73 Å². The number of nitrogens with two attached hydrogens (primary N) is 1. The van der Waals surface area contributed by atoms with Gasteiger partial charge in [0, 0.05) is 6.54 Å². The number of primary amides is 1. The van der Waals surface area contributed by atoms with Crippen LogP contribution in [0.25, 0.3) is 0 Å². The van der Waals surface area contributed by atoms with Crippen LogP contribution in [-0.2, 0) is 0 Å². The van der Waals surface area contributed by atoms with E-state index in [0.29, 0.717) is 6.54 Å². The van der Waals surface area contributed by atoms with E-state index in [-0.39, 0.29) is 0 Å². The number of nitrogens with one attached hydrogen (secondary N) is 1. The monoisotopic (exact) mass is 314 g/mol. The largest absolute Gasteiger partial charge is 0.352 e. The van der Waals surface area contributed by atoms with Crippen LogP contribution < -0.4 is 11.1 Å². The Balaban J connectivity index is -0.0000000642. The van der Waals surface area contributed by atoms with E-state index in [2.05, 4.69) is 25.7 Å². The van der Waals surface area contributed by atoms with E-state index >= 15 is 0 Å². The van der Waals surface area contributed by atoms with E-state index in [1.807, 2.05) is 72.8 Å². The van der Waals surface area contributed by atoms with Crippen LogP contribution in [-0.4, -0.2) is 12.6 Å². The molecule has 0 radical (unpaired) electrons. The van der Waals surface area contributed by atoms with Crippen molar-refractivity contribution in [1.82, 2.24) is 5.32 Å². The highest BCUT2D eigenvalue weighted by Gasteiger charge is 1.82. The molecule has 3 N–H and O–H groups in total. The van der Waals surface area contributed by atoms with Crippen molar-refractivity contribution in [3.63, 3.8) is 0 Å². The Morgan fingerprint density at radius 3 is 1.68 bits per heavy atom. The third kappa shape index (κ3) is 78.5. The van der Waals surface area contributed by atoms with Gasteiger partial charge in [-0.1, -0.05) is 91.3 Å². The molecule has 0 aromatic carbocycles. The summed E-state index contributed by atoms with van der Waals surface area (Å²) in [5.74, 6) is 0. The molecular weight excluding hydrogens is 272 g/mol. The van der Waals surface area contributed by atoms with Crippen LogP contribution in [0.5, 0.6) is 0 Å². The molecule has 0 spiro atoms. The molecule has 0 rings (SSSR count). The first kappa shape index (κ1) is 32.4. The molecule has 0 aromatic rings. The van der Waals surface area contributed by atoms with Crippen molar-refractivity contribution in [2.75, 3.05) is 6.54 Å². The zero-order valence-corrected chi connectivity index (χ0v) is 16.6. The molecule has 22 heavy (non-hydrogen) atoms. The number of allylic oxidation sites excluding steroid dienone is 4. The van der Waals surface area contributed by atoms with Crippen molar-refractivity contribution in [3.05, 3.63) is 36.5 Å². The van der Waals surface area contributed by atoms with Crippen molar-refractivity contribution < 1.29 is 4.79 Å². The molecule has 0 aromatic heterocycles. The highest BCUT2D eigenvalue weighted by molar-refractivity contribution is 5.71. The fraction of sp³-hybridized carbons (Fsp3) is 0.632. The summed E-state index contributed by atoms with van der Waals surface area (Å²) < 4.78 is 0. The average molecular weight is 315 g/mol. The Bertz CT molecular complexity index is 244. The second-order valence-corrected chi connectivity index (χ2v) is 3.57. The maximum Gasteiger partial charge on any atom is 0.312 e. The van der Waals surface area contributed by atoms with Crippen LogP contribution in [0.4, 0.5) is 4.79 Å². The topological polar surface area (TPSA) is 55.1 Å². The molecule has 3 heteroatoms. The Labute approximate surface area is 140 Å². The number of hydrogen-bond donors (Lipinski definition) is 2. The lowest BCUT2D eigenvalue weighted by atomic mass is 10.3. The summed E-state index contributed by atoms with van der Waals surface area (Å²) in [6.07, 6.45) is 9.92. The summed E-state index contributed by atoms with van der Waals surface area (Å²) in [6.45, 7) is 22.4. The fourth-order valence-corrected chi connectivity index (χ4v) is 0.527. The number of hydrogen-bond acceptors (Lipinski definition) is 1. The van der Waals surface area contributed by atoms with E-state index in [1.54, 1.807) is 0 Å². The van der Waals surface area contributed by atoms with Crippen LogP contribution in [0, 0.1) is 0 Å². The number of rotatable bonds is 4. The smallest absolute Gasteiger partial charge is 0.312 e. The molecule has 0 saturated heterocycles. The quantitative estimate of drug-likeness (QED) is 0.469. The molecule has 0 aliphatic carbocycles. The van der Waals surface area contributed by atoms with Crippen LogP contribution in [0.15, 0.2) is 36.5 Å². The zero-order chi connectivity index (χ0) is 18.8. The first-order valence-corrected chi connectivity index (χ1v) is 8.43. The normalized spacial score (nSPS) is 8.50. The van der Waals surface area contributed by atoms with E-state index < -0.39 is 6.03 Å². The van der Waals surface area contributed by atoms with Crippen LogP contribution in [0.2, 0.25) is 0 Å². The molecule has 0 saturated carbocycles. The van der Waals surface area contributed by atoms with Crippen LogP contribution >= 0.6 is 0 Å². The molecule has 0 aliphatic rings. The fourth-order valence-electron chi connectivity index (χ4n) is 0.527. The molecule has 0 aliphatic heterocycles. The van der Waals surface area contributed by atoms with E-state index in [4.69, 9.17) is 5.73 Å². The molecular formula is C19H42N2O. The lowest BCUT2D eigenvalue weighted by molar-refractivity contribution is 0.250. The molecule has 2 amide bonds. The summed E-state index contributed by atoms with van der Waals surface area (Å²) >= 11 is 0. The van der Waals surface area contributed by atoms with Gasteiger partial charge in [-0.2, -0.15) is 0 Å². The van der Waals surface area contributed by atoms with Crippen molar-refractivity contribution in [2.45, 2.75) is 75.2 Å². The Morgan fingerprint density at radius 2 is 1.50 bits per heavy atom. The number of urea groups is 1. The number of carbonyl (C=O) groups is 1. The lowest BCUT2D eigenvalue weighted by Gasteiger charge is -1.92. The standard InChI is InChI=1S/C6H12N2O.C6H10.C3H8.2C2H6/c1-2-3-4-5-8-6(7)9;1-4-6(3)5-2;1-3-2;2*1-2/h3-4H,2,5H2,1H3,(H3,7,8,9);4-5H,1H2,2-3H3;3H2,1-2H3;2*1-2H3/b4-3+;6-5-;;;. The SMILES string of the molecule is C=C/C(C)=C\C.CC.CC.CC/C=C/CNC(N)=O.CCC. The maximum atomic E-state index is 10.0. The first-order chi connectivity index (χ1) is 10.5. The van der Waals surface area contributed by atoms with Gasteiger partial charge in [0.2, 0.25) is 0 Å². The molecule has 0 bridgehead atoms. The minimum atomic E-state index is -0.476. The van der Waals surface area contributed by atoms with Gasteiger partial charge in [-0.15, -0.1) is 0 Å². The van der Waals surface area contributed by atoms with Gasteiger partial charge in [-0.3, -0.25) is 0 Å². The van der Waals surface area contributed by atoms with E-state index in [9.17, 15) is 4.79 Å². The van der Waals surface area contributed by atoms with Gasteiger partial charge in [-0.25, -0.2) is 4.79 Å². The van der Waals surface area contributed by atoms with Gasteiger partial charge in [0.05, 0.1) is 0 Å². The second-order valence-electron chi connectivity index (χ2n) is 3.57. The first-order valence-electron chi connectivity index (χ1n) is 8.43. The third-order valence-electron chi connectivity index (χ3n) is 1.57. The van der Waals surface area contributed by atoms with Gasteiger partial charge in [0.25, 0.3) is 0 Å². The molecule has 0 unspecified atom stereocenters.